The van der Waals surface area contributed by atoms with E-state index in [9.17, 15) is 18.0 Å². The molecule has 2 rings (SSSR count). The topological polar surface area (TPSA) is 51.7 Å². The Morgan fingerprint density at radius 3 is 2.50 bits per heavy atom. The minimum Gasteiger partial charge on any atom is -0.477 e. The number of rotatable bonds is 3. The first-order valence-corrected chi connectivity index (χ1v) is 7.67. The Morgan fingerprint density at radius 2 is 1.96 bits per heavy atom. The summed E-state index contributed by atoms with van der Waals surface area (Å²) in [5, 5.41) is -0.288. The van der Waals surface area contributed by atoms with Crippen LogP contribution in [0.1, 0.15) is 26.3 Å². The number of amides is 1. The molecule has 0 aromatic carbocycles. The first-order valence-electron chi connectivity index (χ1n) is 7.29. The maximum atomic E-state index is 12.7. The van der Waals surface area contributed by atoms with Crippen LogP contribution in [0.15, 0.2) is 12.1 Å². The maximum absolute atomic E-state index is 12.7. The number of aromatic nitrogens is 1. The molecule has 0 saturated carbocycles. The molecule has 1 amide bonds. The molecule has 134 valence electrons. The van der Waals surface area contributed by atoms with Crippen molar-refractivity contribution in [3.8, 4) is 5.88 Å². The molecule has 1 fully saturated rings. The predicted octanol–water partition coefficient (Wildman–Crippen LogP) is 4.00. The molecule has 0 N–H and O–H groups in total. The second-order valence-electron chi connectivity index (χ2n) is 6.58. The highest BCUT2D eigenvalue weighted by atomic mass is 35.5. The lowest BCUT2D eigenvalue weighted by molar-refractivity contribution is -0.137. The number of carbonyl (C=O) groups excluding carboxylic acids is 1. The molecule has 9 heteroatoms. The van der Waals surface area contributed by atoms with E-state index < -0.39 is 23.4 Å². The van der Waals surface area contributed by atoms with Gasteiger partial charge in [-0.3, -0.25) is 0 Å². The minimum absolute atomic E-state index is 0.00707. The maximum Gasteiger partial charge on any atom is 0.416 e. The molecule has 0 atom stereocenters. The number of hydrogen-bond acceptors (Lipinski definition) is 4. The molecule has 0 aliphatic carbocycles. The lowest BCUT2D eigenvalue weighted by Crippen LogP contribution is -2.53. The Bertz CT molecular complexity index is 611. The smallest absolute Gasteiger partial charge is 0.416 e. The van der Waals surface area contributed by atoms with Crippen LogP contribution >= 0.6 is 11.6 Å². The van der Waals surface area contributed by atoms with Gasteiger partial charge in [-0.1, -0.05) is 11.6 Å². The Morgan fingerprint density at radius 1 is 1.33 bits per heavy atom. The van der Waals surface area contributed by atoms with Crippen molar-refractivity contribution in [1.82, 2.24) is 9.88 Å². The van der Waals surface area contributed by atoms with Gasteiger partial charge in [-0.25, -0.2) is 9.78 Å². The summed E-state index contributed by atoms with van der Waals surface area (Å²) in [6, 6.07) is 1.54. The van der Waals surface area contributed by atoms with E-state index in [-0.39, 0.29) is 23.6 Å². The van der Waals surface area contributed by atoms with E-state index in [1.807, 2.05) is 0 Å². The van der Waals surface area contributed by atoms with Crippen LogP contribution in [0.5, 0.6) is 5.88 Å². The van der Waals surface area contributed by atoms with E-state index in [1.165, 1.54) is 4.90 Å². The van der Waals surface area contributed by atoms with Crippen molar-refractivity contribution in [2.45, 2.75) is 32.5 Å². The van der Waals surface area contributed by atoms with E-state index in [0.717, 1.165) is 12.1 Å². The monoisotopic (exact) mass is 366 g/mol. The molecule has 1 aromatic heterocycles. The lowest BCUT2D eigenvalue weighted by atomic mass is 10.0. The zero-order chi connectivity index (χ0) is 18.1. The Kier molecular flexibility index (Phi) is 5.17. The summed E-state index contributed by atoms with van der Waals surface area (Å²) in [6.45, 7) is 6.30. The van der Waals surface area contributed by atoms with E-state index in [4.69, 9.17) is 21.1 Å². The number of hydrogen-bond donors (Lipinski definition) is 0. The zero-order valence-corrected chi connectivity index (χ0v) is 14.2. The van der Waals surface area contributed by atoms with Gasteiger partial charge in [0.25, 0.3) is 0 Å². The third-order valence-corrected chi connectivity index (χ3v) is 3.37. The van der Waals surface area contributed by atoms with E-state index >= 15 is 0 Å². The van der Waals surface area contributed by atoms with Gasteiger partial charge in [0.05, 0.1) is 12.2 Å². The SMILES string of the molecule is CC(C)(C)OC(=O)N1CC(COc2cc(C(F)(F)F)cc(Cl)n2)C1. The first-order chi connectivity index (χ1) is 10.9. The molecule has 1 saturated heterocycles. The molecular formula is C15H18ClF3N2O3. The molecule has 24 heavy (non-hydrogen) atoms. The quantitative estimate of drug-likeness (QED) is 0.759. The summed E-state index contributed by atoms with van der Waals surface area (Å²) >= 11 is 5.58. The highest BCUT2D eigenvalue weighted by Gasteiger charge is 2.35. The molecule has 5 nitrogen and oxygen atoms in total. The number of carbonyl (C=O) groups is 1. The molecule has 0 unspecified atom stereocenters. The van der Waals surface area contributed by atoms with Crippen molar-refractivity contribution in [3.05, 3.63) is 22.8 Å². The van der Waals surface area contributed by atoms with Gasteiger partial charge in [0.1, 0.15) is 10.8 Å². The van der Waals surface area contributed by atoms with Crippen LogP contribution < -0.4 is 4.74 Å². The molecule has 1 aromatic rings. The lowest BCUT2D eigenvalue weighted by Gasteiger charge is -2.39. The summed E-state index contributed by atoms with van der Waals surface area (Å²) in [4.78, 5) is 17.0. The van der Waals surface area contributed by atoms with Crippen molar-refractivity contribution >= 4 is 17.7 Å². The Hall–Kier alpha value is -1.70. The second kappa shape index (κ2) is 6.66. The average Bonchev–Trinajstić information content (AvgIpc) is 2.32. The average molecular weight is 367 g/mol. The third-order valence-electron chi connectivity index (χ3n) is 3.17. The van der Waals surface area contributed by atoms with Crippen molar-refractivity contribution < 1.29 is 27.4 Å². The summed E-state index contributed by atoms with van der Waals surface area (Å²) in [7, 11) is 0. The van der Waals surface area contributed by atoms with Gasteiger partial charge in [0, 0.05) is 25.1 Å². The molecule has 0 bridgehead atoms. The summed E-state index contributed by atoms with van der Waals surface area (Å²) in [5.41, 5.74) is -1.49. The highest BCUT2D eigenvalue weighted by molar-refractivity contribution is 6.29. The molecular weight excluding hydrogens is 349 g/mol. The van der Waals surface area contributed by atoms with Gasteiger partial charge in [0.15, 0.2) is 0 Å². The van der Waals surface area contributed by atoms with Crippen LogP contribution in [-0.4, -0.2) is 41.3 Å². The number of halogens is 4. The van der Waals surface area contributed by atoms with E-state index in [0.29, 0.717) is 13.1 Å². The molecule has 1 aliphatic heterocycles. The number of likely N-dealkylation sites (tertiary alicyclic amines) is 1. The van der Waals surface area contributed by atoms with Crippen LogP contribution in [0.4, 0.5) is 18.0 Å². The van der Waals surface area contributed by atoms with Crippen LogP contribution in [0.25, 0.3) is 0 Å². The first kappa shape index (κ1) is 18.6. The summed E-state index contributed by atoms with van der Waals surface area (Å²) in [6.07, 6.45) is -4.94. The van der Waals surface area contributed by atoms with Gasteiger partial charge in [-0.05, 0) is 26.8 Å². The van der Waals surface area contributed by atoms with Crippen molar-refractivity contribution in [3.63, 3.8) is 0 Å². The Labute approximate surface area is 142 Å². The molecule has 0 spiro atoms. The summed E-state index contributed by atoms with van der Waals surface area (Å²) < 4.78 is 48.6. The van der Waals surface area contributed by atoms with Crippen molar-refractivity contribution in [1.29, 1.82) is 0 Å². The van der Waals surface area contributed by atoms with Gasteiger partial charge >= 0.3 is 12.3 Å². The molecule has 0 radical (unpaired) electrons. The standard InChI is InChI=1S/C15H18ClF3N2O3/c1-14(2,3)24-13(22)21-6-9(7-21)8-23-12-5-10(15(17,18)19)4-11(16)20-12/h4-5,9H,6-8H2,1-3H3. The minimum atomic E-state index is -4.52. The normalized spacial score (nSPS) is 15.9. The fraction of sp³-hybridized carbons (Fsp3) is 0.600. The van der Waals surface area contributed by atoms with Crippen LogP contribution in [0.2, 0.25) is 5.15 Å². The van der Waals surface area contributed by atoms with Gasteiger partial charge in [0.2, 0.25) is 5.88 Å². The van der Waals surface area contributed by atoms with Gasteiger partial charge in [-0.2, -0.15) is 13.2 Å². The zero-order valence-electron chi connectivity index (χ0n) is 13.5. The van der Waals surface area contributed by atoms with Gasteiger partial charge in [-0.15, -0.1) is 0 Å². The van der Waals surface area contributed by atoms with Crippen LogP contribution in [-0.2, 0) is 10.9 Å². The predicted molar refractivity (Wildman–Crippen MR) is 81.0 cm³/mol. The number of nitrogens with zero attached hydrogens (tertiary/aromatic N) is 2. The second-order valence-corrected chi connectivity index (χ2v) is 6.96. The fourth-order valence-electron chi connectivity index (χ4n) is 2.06. The van der Waals surface area contributed by atoms with Crippen LogP contribution in [0, 0.1) is 5.92 Å². The third kappa shape index (κ3) is 5.15. The fourth-order valence-corrected chi connectivity index (χ4v) is 2.27. The molecule has 2 heterocycles. The van der Waals surface area contributed by atoms with Gasteiger partial charge < -0.3 is 14.4 Å². The number of ether oxygens (including phenoxy) is 2. The Balaban J connectivity index is 1.84. The summed E-state index contributed by atoms with van der Waals surface area (Å²) in [5.74, 6) is -0.182. The van der Waals surface area contributed by atoms with Crippen molar-refractivity contribution in [2.24, 2.45) is 5.92 Å². The highest BCUT2D eigenvalue weighted by Crippen LogP contribution is 2.32. The number of pyridine rings is 1. The van der Waals surface area contributed by atoms with Crippen molar-refractivity contribution in [2.75, 3.05) is 19.7 Å². The van der Waals surface area contributed by atoms with E-state index in [2.05, 4.69) is 4.98 Å². The van der Waals surface area contributed by atoms with Crippen LogP contribution in [0.3, 0.4) is 0 Å². The number of alkyl halides is 3. The largest absolute Gasteiger partial charge is 0.477 e. The van der Waals surface area contributed by atoms with E-state index in [1.54, 1.807) is 20.8 Å². The molecule has 1 aliphatic rings.